The number of nitrogens with zero attached hydrogens (tertiary/aromatic N) is 1. The van der Waals surface area contributed by atoms with Gasteiger partial charge in [0.05, 0.1) is 24.9 Å². The van der Waals surface area contributed by atoms with Crippen molar-refractivity contribution in [3.05, 3.63) is 35.9 Å². The summed E-state index contributed by atoms with van der Waals surface area (Å²) in [6, 6.07) is 10.0. The number of carbonyl (C=O) groups excluding carboxylic acids is 2. The van der Waals surface area contributed by atoms with E-state index in [2.05, 4.69) is 4.74 Å². The van der Waals surface area contributed by atoms with E-state index in [4.69, 9.17) is 4.74 Å². The van der Waals surface area contributed by atoms with E-state index in [1.165, 1.54) is 7.11 Å². The molecule has 2 aliphatic rings. The molecule has 1 spiro atoms. The van der Waals surface area contributed by atoms with Crippen LogP contribution in [0.25, 0.3) is 0 Å². The van der Waals surface area contributed by atoms with Crippen molar-refractivity contribution in [3.8, 4) is 0 Å². The van der Waals surface area contributed by atoms with Crippen molar-refractivity contribution in [3.63, 3.8) is 0 Å². The van der Waals surface area contributed by atoms with Crippen LogP contribution in [0.5, 0.6) is 0 Å². The molecule has 2 fully saturated rings. The molecule has 0 bridgehead atoms. The molecule has 1 aromatic rings. The summed E-state index contributed by atoms with van der Waals surface area (Å²) in [5.41, 5.74) is 0.734. The van der Waals surface area contributed by atoms with Crippen LogP contribution in [-0.4, -0.2) is 53.8 Å². The molecule has 2 saturated heterocycles. The van der Waals surface area contributed by atoms with Crippen LogP contribution < -0.4 is 0 Å². The van der Waals surface area contributed by atoms with Crippen LogP contribution in [0, 0.1) is 0 Å². The Balaban J connectivity index is 1.53. The molecule has 0 radical (unpaired) electrons. The van der Waals surface area contributed by atoms with Crippen molar-refractivity contribution in [2.75, 3.05) is 20.2 Å². The van der Waals surface area contributed by atoms with E-state index in [0.717, 1.165) is 18.4 Å². The van der Waals surface area contributed by atoms with Crippen LogP contribution in [-0.2, 0) is 19.1 Å². The molecule has 1 amide bonds. The molecule has 148 valence electrons. The first kappa shape index (κ1) is 19.8. The smallest absolute Gasteiger partial charge is 0.305 e. The fourth-order valence-corrected chi connectivity index (χ4v) is 4.16. The fraction of sp³-hybridized carbons (Fsp3) is 0.619. The highest BCUT2D eigenvalue weighted by atomic mass is 16.5. The second-order valence-electron chi connectivity index (χ2n) is 7.60. The third kappa shape index (κ3) is 5.08. The molecule has 0 saturated carbocycles. The fourth-order valence-electron chi connectivity index (χ4n) is 4.16. The van der Waals surface area contributed by atoms with Gasteiger partial charge >= 0.3 is 5.97 Å². The van der Waals surface area contributed by atoms with Crippen LogP contribution in [0.3, 0.4) is 0 Å². The number of ether oxygens (including phenoxy) is 2. The maximum atomic E-state index is 12.4. The van der Waals surface area contributed by atoms with Gasteiger partial charge in [-0.25, -0.2) is 0 Å². The van der Waals surface area contributed by atoms with Gasteiger partial charge in [-0.2, -0.15) is 0 Å². The average molecular weight is 375 g/mol. The minimum Gasteiger partial charge on any atom is -0.469 e. The largest absolute Gasteiger partial charge is 0.469 e. The zero-order valence-corrected chi connectivity index (χ0v) is 15.9. The molecule has 6 heteroatoms. The number of hydrogen-bond donors (Lipinski definition) is 1. The van der Waals surface area contributed by atoms with E-state index in [-0.39, 0.29) is 36.1 Å². The maximum Gasteiger partial charge on any atom is 0.305 e. The normalized spacial score (nSPS) is 24.6. The number of piperidine rings is 1. The third-order valence-electron chi connectivity index (χ3n) is 5.68. The second-order valence-corrected chi connectivity index (χ2v) is 7.60. The molecule has 0 unspecified atom stereocenters. The van der Waals surface area contributed by atoms with Gasteiger partial charge in [0.2, 0.25) is 5.91 Å². The molecule has 1 aromatic carbocycles. The zero-order valence-electron chi connectivity index (χ0n) is 15.9. The summed E-state index contributed by atoms with van der Waals surface area (Å²) in [7, 11) is 1.36. The molecule has 2 atom stereocenters. The van der Waals surface area contributed by atoms with Crippen molar-refractivity contribution in [2.45, 2.75) is 62.8 Å². The number of carbonyl (C=O) groups is 2. The number of benzene rings is 1. The summed E-state index contributed by atoms with van der Waals surface area (Å²) in [5, 5.41) is 10.4. The van der Waals surface area contributed by atoms with Gasteiger partial charge in [-0.3, -0.25) is 9.59 Å². The minimum absolute atomic E-state index is 0.0738. The van der Waals surface area contributed by atoms with E-state index in [1.54, 1.807) is 0 Å². The van der Waals surface area contributed by atoms with E-state index in [9.17, 15) is 14.7 Å². The lowest BCUT2D eigenvalue weighted by Crippen LogP contribution is -2.52. The van der Waals surface area contributed by atoms with E-state index in [1.807, 2.05) is 35.2 Å². The first-order valence-corrected chi connectivity index (χ1v) is 9.77. The van der Waals surface area contributed by atoms with Gasteiger partial charge in [0.25, 0.3) is 0 Å². The highest BCUT2D eigenvalue weighted by molar-refractivity contribution is 5.77. The summed E-state index contributed by atoms with van der Waals surface area (Å²) in [4.78, 5) is 25.4. The number of amides is 1. The number of hydrogen-bond acceptors (Lipinski definition) is 5. The maximum absolute atomic E-state index is 12.4. The van der Waals surface area contributed by atoms with Gasteiger partial charge < -0.3 is 19.5 Å². The molecule has 27 heavy (non-hydrogen) atoms. The summed E-state index contributed by atoms with van der Waals surface area (Å²) in [6.07, 6.45) is 3.36. The summed E-state index contributed by atoms with van der Waals surface area (Å²) >= 11 is 0. The van der Waals surface area contributed by atoms with Gasteiger partial charge in [0.15, 0.2) is 0 Å². The Morgan fingerprint density at radius 2 is 1.93 bits per heavy atom. The lowest BCUT2D eigenvalue weighted by molar-refractivity contribution is -0.185. The summed E-state index contributed by atoms with van der Waals surface area (Å²) < 4.78 is 11.1. The lowest BCUT2D eigenvalue weighted by atomic mass is 9.81. The molecular formula is C21H29NO5. The van der Waals surface area contributed by atoms with Crippen LogP contribution in [0.4, 0.5) is 0 Å². The Morgan fingerprint density at radius 3 is 2.59 bits per heavy atom. The van der Waals surface area contributed by atoms with Gasteiger partial charge in [-0.15, -0.1) is 0 Å². The number of aliphatic hydroxyl groups excluding tert-OH is 1. The molecule has 2 aliphatic heterocycles. The van der Waals surface area contributed by atoms with Gasteiger partial charge in [-0.05, 0) is 24.8 Å². The Labute approximate surface area is 160 Å². The van der Waals surface area contributed by atoms with Crippen LogP contribution in [0.15, 0.2) is 30.3 Å². The minimum atomic E-state index is -0.383. The first-order valence-electron chi connectivity index (χ1n) is 9.77. The molecule has 1 N–H and O–H groups in total. The predicted molar refractivity (Wildman–Crippen MR) is 99.9 cm³/mol. The topological polar surface area (TPSA) is 76.1 Å². The Hall–Kier alpha value is -1.92. The molecule has 6 nitrogen and oxygen atoms in total. The predicted octanol–water partition coefficient (Wildman–Crippen LogP) is 2.60. The Bertz CT molecular complexity index is 639. The molecule has 3 rings (SSSR count). The van der Waals surface area contributed by atoms with Crippen molar-refractivity contribution in [1.29, 1.82) is 0 Å². The highest BCUT2D eigenvalue weighted by Gasteiger charge is 2.44. The summed E-state index contributed by atoms with van der Waals surface area (Å²) in [6.45, 7) is 1.26. The first-order chi connectivity index (χ1) is 13.0. The number of methoxy groups -OCH3 is 1. The van der Waals surface area contributed by atoms with Crippen LogP contribution >= 0.6 is 0 Å². The number of esters is 1. The van der Waals surface area contributed by atoms with Crippen molar-refractivity contribution < 1.29 is 24.2 Å². The van der Waals surface area contributed by atoms with E-state index >= 15 is 0 Å². The number of rotatable bonds is 5. The van der Waals surface area contributed by atoms with E-state index in [0.29, 0.717) is 38.8 Å². The van der Waals surface area contributed by atoms with Gasteiger partial charge in [0, 0.05) is 38.8 Å². The van der Waals surface area contributed by atoms with Crippen molar-refractivity contribution in [1.82, 2.24) is 4.90 Å². The second kappa shape index (κ2) is 8.85. The standard InChI is InChI=1S/C21H29NO5/c1-26-20(25)9-5-8-19(24)22-12-10-21(11-13-22)15-17(23)14-18(27-21)16-6-3-2-4-7-16/h2-4,6-7,17-18,23H,5,8-15H2,1H3/t17-,18-/m1/s1. The van der Waals surface area contributed by atoms with Crippen LogP contribution in [0.1, 0.15) is 56.6 Å². The van der Waals surface area contributed by atoms with Crippen molar-refractivity contribution >= 4 is 11.9 Å². The molecule has 0 aliphatic carbocycles. The van der Waals surface area contributed by atoms with Crippen LogP contribution in [0.2, 0.25) is 0 Å². The SMILES string of the molecule is COC(=O)CCCC(=O)N1CCC2(CC1)C[C@H](O)C[C@H](c1ccccc1)O2. The third-order valence-corrected chi connectivity index (χ3v) is 5.68. The molecular weight excluding hydrogens is 346 g/mol. The lowest BCUT2D eigenvalue weighted by Gasteiger charge is -2.48. The highest BCUT2D eigenvalue weighted by Crippen LogP contribution is 2.43. The molecule has 0 aromatic heterocycles. The Morgan fingerprint density at radius 1 is 1.22 bits per heavy atom. The quantitative estimate of drug-likeness (QED) is 0.801. The zero-order chi connectivity index (χ0) is 19.3. The summed E-state index contributed by atoms with van der Waals surface area (Å²) in [5.74, 6) is -0.207. The monoisotopic (exact) mass is 375 g/mol. The number of likely N-dealkylation sites (tertiary alicyclic amines) is 1. The molecule has 2 heterocycles. The average Bonchev–Trinajstić information content (AvgIpc) is 2.68. The number of aliphatic hydroxyl groups is 1. The van der Waals surface area contributed by atoms with E-state index < -0.39 is 0 Å². The van der Waals surface area contributed by atoms with Gasteiger partial charge in [-0.1, -0.05) is 30.3 Å². The Kier molecular flexibility index (Phi) is 6.50. The van der Waals surface area contributed by atoms with Crippen molar-refractivity contribution in [2.24, 2.45) is 0 Å². The van der Waals surface area contributed by atoms with Gasteiger partial charge in [0.1, 0.15) is 0 Å².